The molecule has 2 aromatic carbocycles. The summed E-state index contributed by atoms with van der Waals surface area (Å²) in [6.45, 7) is 4.87. The second-order valence-electron chi connectivity index (χ2n) is 7.39. The Balaban J connectivity index is 1.61. The van der Waals surface area contributed by atoms with E-state index in [9.17, 15) is 4.79 Å². The van der Waals surface area contributed by atoms with Crippen molar-refractivity contribution in [2.24, 2.45) is 5.92 Å². The number of carbonyl (C=O) groups excluding carboxylic acids is 1. The summed E-state index contributed by atoms with van der Waals surface area (Å²) in [5, 5.41) is 11.2. The molecule has 4 rings (SSSR count). The standard InChI is InChI=1S/C23H26N4O/c1-17-7-5-6-10-20(17)22-21(16-27(26-22)19-8-3-2-4-9-19)23(28)25-14-12-18-11-13-24-15-18/h2-10,16,18,24H,11-15H2,1H3,(H,25,28). The highest BCUT2D eigenvalue weighted by Crippen LogP contribution is 2.26. The number of nitrogens with zero attached hydrogens (tertiary/aromatic N) is 2. The predicted molar refractivity (Wildman–Crippen MR) is 112 cm³/mol. The third-order valence-corrected chi connectivity index (χ3v) is 5.38. The minimum absolute atomic E-state index is 0.0635. The Morgan fingerprint density at radius 2 is 1.96 bits per heavy atom. The molecule has 1 unspecified atom stereocenters. The van der Waals surface area contributed by atoms with E-state index in [0.29, 0.717) is 18.0 Å². The van der Waals surface area contributed by atoms with E-state index in [4.69, 9.17) is 5.10 Å². The van der Waals surface area contributed by atoms with Crippen LogP contribution in [0.3, 0.4) is 0 Å². The summed E-state index contributed by atoms with van der Waals surface area (Å²) < 4.78 is 1.79. The second kappa shape index (κ2) is 8.40. The molecule has 0 aliphatic carbocycles. The maximum absolute atomic E-state index is 13.0. The molecule has 28 heavy (non-hydrogen) atoms. The van der Waals surface area contributed by atoms with Gasteiger partial charge in [-0.05, 0) is 56.5 Å². The number of carbonyl (C=O) groups is 1. The van der Waals surface area contributed by atoms with E-state index in [1.165, 1.54) is 6.42 Å². The smallest absolute Gasteiger partial charge is 0.255 e. The first kappa shape index (κ1) is 18.4. The first-order valence-electron chi connectivity index (χ1n) is 9.92. The van der Waals surface area contributed by atoms with Gasteiger partial charge in [0.05, 0.1) is 11.3 Å². The van der Waals surface area contributed by atoms with Crippen LogP contribution in [0.25, 0.3) is 16.9 Å². The molecule has 1 atom stereocenters. The van der Waals surface area contributed by atoms with Gasteiger partial charge in [0, 0.05) is 18.3 Å². The molecule has 1 saturated heterocycles. The lowest BCUT2D eigenvalue weighted by atomic mass is 10.0. The number of aryl methyl sites for hydroxylation is 1. The molecule has 0 bridgehead atoms. The number of para-hydroxylation sites is 1. The monoisotopic (exact) mass is 374 g/mol. The summed E-state index contributed by atoms with van der Waals surface area (Å²) >= 11 is 0. The summed E-state index contributed by atoms with van der Waals surface area (Å²) in [7, 11) is 0. The van der Waals surface area contributed by atoms with Crippen LogP contribution in [-0.4, -0.2) is 35.3 Å². The van der Waals surface area contributed by atoms with Crippen molar-refractivity contribution in [1.82, 2.24) is 20.4 Å². The largest absolute Gasteiger partial charge is 0.352 e. The molecular formula is C23H26N4O. The van der Waals surface area contributed by atoms with Gasteiger partial charge in [-0.2, -0.15) is 5.10 Å². The third-order valence-electron chi connectivity index (χ3n) is 5.38. The number of hydrogen-bond acceptors (Lipinski definition) is 3. The SMILES string of the molecule is Cc1ccccc1-c1nn(-c2ccccc2)cc1C(=O)NCCC1CCNC1. The second-order valence-corrected chi connectivity index (χ2v) is 7.39. The van der Waals surface area contributed by atoms with Gasteiger partial charge in [-0.25, -0.2) is 4.68 Å². The molecule has 1 aromatic heterocycles. The van der Waals surface area contributed by atoms with Crippen LogP contribution in [0.15, 0.2) is 60.8 Å². The van der Waals surface area contributed by atoms with Gasteiger partial charge < -0.3 is 10.6 Å². The maximum Gasteiger partial charge on any atom is 0.255 e. The average molecular weight is 374 g/mol. The molecule has 1 aliphatic heterocycles. The first-order valence-corrected chi connectivity index (χ1v) is 9.92. The molecule has 0 spiro atoms. The summed E-state index contributed by atoms with van der Waals surface area (Å²) in [5.74, 6) is 0.592. The molecule has 1 fully saturated rings. The van der Waals surface area contributed by atoms with E-state index in [1.807, 2.05) is 67.7 Å². The Morgan fingerprint density at radius 1 is 1.18 bits per heavy atom. The highest BCUT2D eigenvalue weighted by Gasteiger charge is 2.20. The fraction of sp³-hybridized carbons (Fsp3) is 0.304. The van der Waals surface area contributed by atoms with Gasteiger partial charge in [0.1, 0.15) is 5.69 Å². The Kier molecular flexibility index (Phi) is 5.53. The first-order chi connectivity index (χ1) is 13.7. The summed E-state index contributed by atoms with van der Waals surface area (Å²) in [6.07, 6.45) is 4.03. The number of aromatic nitrogens is 2. The number of hydrogen-bond donors (Lipinski definition) is 2. The van der Waals surface area contributed by atoms with E-state index in [2.05, 4.69) is 10.6 Å². The molecule has 0 saturated carbocycles. The van der Waals surface area contributed by atoms with E-state index >= 15 is 0 Å². The van der Waals surface area contributed by atoms with Crippen LogP contribution < -0.4 is 10.6 Å². The van der Waals surface area contributed by atoms with Crippen molar-refractivity contribution in [3.05, 3.63) is 71.9 Å². The van der Waals surface area contributed by atoms with Gasteiger partial charge in [-0.3, -0.25) is 4.79 Å². The average Bonchev–Trinajstić information content (AvgIpc) is 3.39. The fourth-order valence-electron chi connectivity index (χ4n) is 3.74. The quantitative estimate of drug-likeness (QED) is 0.693. The molecule has 3 aromatic rings. The zero-order chi connectivity index (χ0) is 19.3. The van der Waals surface area contributed by atoms with Crippen molar-refractivity contribution in [1.29, 1.82) is 0 Å². The molecule has 5 heteroatoms. The Bertz CT molecular complexity index is 942. The number of amides is 1. The third kappa shape index (κ3) is 3.99. The number of benzene rings is 2. The summed E-state index contributed by atoms with van der Waals surface area (Å²) in [4.78, 5) is 13.0. The van der Waals surface area contributed by atoms with Crippen LogP contribution in [0.4, 0.5) is 0 Å². The van der Waals surface area contributed by atoms with E-state index < -0.39 is 0 Å². The van der Waals surface area contributed by atoms with Crippen molar-refractivity contribution >= 4 is 5.91 Å². The lowest BCUT2D eigenvalue weighted by molar-refractivity contribution is 0.0952. The Hall–Kier alpha value is -2.92. The molecule has 0 radical (unpaired) electrons. The molecule has 2 heterocycles. The van der Waals surface area contributed by atoms with Crippen molar-refractivity contribution in [2.75, 3.05) is 19.6 Å². The Labute approximate surface area is 165 Å². The number of nitrogens with one attached hydrogen (secondary N) is 2. The van der Waals surface area contributed by atoms with E-state index in [1.54, 1.807) is 4.68 Å². The van der Waals surface area contributed by atoms with Crippen LogP contribution in [0.2, 0.25) is 0 Å². The van der Waals surface area contributed by atoms with Crippen LogP contribution >= 0.6 is 0 Å². The van der Waals surface area contributed by atoms with Crippen LogP contribution in [-0.2, 0) is 0 Å². The normalized spacial score (nSPS) is 16.2. The Morgan fingerprint density at radius 3 is 2.71 bits per heavy atom. The summed E-state index contributed by atoms with van der Waals surface area (Å²) in [6, 6.07) is 18.0. The van der Waals surface area contributed by atoms with Gasteiger partial charge >= 0.3 is 0 Å². The lowest BCUT2D eigenvalue weighted by Crippen LogP contribution is -2.26. The molecule has 144 valence electrons. The van der Waals surface area contributed by atoms with Gasteiger partial charge in [-0.1, -0.05) is 42.5 Å². The van der Waals surface area contributed by atoms with Crippen LogP contribution in [0.1, 0.15) is 28.8 Å². The molecule has 2 N–H and O–H groups in total. The minimum atomic E-state index is -0.0635. The highest BCUT2D eigenvalue weighted by molar-refractivity contribution is 6.00. The van der Waals surface area contributed by atoms with Crippen molar-refractivity contribution < 1.29 is 4.79 Å². The van der Waals surface area contributed by atoms with Gasteiger partial charge in [0.15, 0.2) is 0 Å². The molecule has 1 aliphatic rings. The predicted octanol–water partition coefficient (Wildman–Crippen LogP) is 3.58. The summed E-state index contributed by atoms with van der Waals surface area (Å²) in [5.41, 5.74) is 4.37. The van der Waals surface area contributed by atoms with Gasteiger partial charge in [-0.15, -0.1) is 0 Å². The zero-order valence-electron chi connectivity index (χ0n) is 16.2. The molecule has 1 amide bonds. The zero-order valence-corrected chi connectivity index (χ0v) is 16.2. The highest BCUT2D eigenvalue weighted by atomic mass is 16.1. The van der Waals surface area contributed by atoms with Crippen LogP contribution in [0.5, 0.6) is 0 Å². The number of rotatable bonds is 6. The fourth-order valence-corrected chi connectivity index (χ4v) is 3.74. The van der Waals surface area contributed by atoms with Crippen molar-refractivity contribution in [3.8, 4) is 16.9 Å². The van der Waals surface area contributed by atoms with Gasteiger partial charge in [0.2, 0.25) is 0 Å². The van der Waals surface area contributed by atoms with Crippen molar-refractivity contribution in [3.63, 3.8) is 0 Å². The topological polar surface area (TPSA) is 59.0 Å². The molecule has 5 nitrogen and oxygen atoms in total. The maximum atomic E-state index is 13.0. The minimum Gasteiger partial charge on any atom is -0.352 e. The molecular weight excluding hydrogens is 348 g/mol. The van der Waals surface area contributed by atoms with E-state index in [0.717, 1.165) is 42.0 Å². The van der Waals surface area contributed by atoms with Crippen molar-refractivity contribution in [2.45, 2.75) is 19.8 Å². The van der Waals surface area contributed by atoms with E-state index in [-0.39, 0.29) is 5.91 Å². The lowest BCUT2D eigenvalue weighted by Gasteiger charge is -2.10. The van der Waals surface area contributed by atoms with Crippen LogP contribution in [0, 0.1) is 12.8 Å². The van der Waals surface area contributed by atoms with Gasteiger partial charge in [0.25, 0.3) is 5.91 Å².